The molecule has 0 radical (unpaired) electrons. The van der Waals surface area contributed by atoms with Gasteiger partial charge in [-0.3, -0.25) is 4.79 Å². The van der Waals surface area contributed by atoms with Gasteiger partial charge in [0.2, 0.25) is 0 Å². The number of benzene rings is 2. The van der Waals surface area contributed by atoms with Crippen molar-refractivity contribution >= 4 is 5.91 Å². The topological polar surface area (TPSA) is 73.1 Å². The number of carbonyl (C=O) groups is 1. The van der Waals surface area contributed by atoms with Gasteiger partial charge in [-0.05, 0) is 47.0 Å². The van der Waals surface area contributed by atoms with Crippen LogP contribution in [0.15, 0.2) is 60.9 Å². The highest BCUT2D eigenvalue weighted by molar-refractivity contribution is 5.94. The first kappa shape index (κ1) is 18.7. The smallest absolute Gasteiger partial charge is 0.254 e. The number of amides is 1. The van der Waals surface area contributed by atoms with E-state index in [1.54, 1.807) is 13.2 Å². The molecule has 1 amide bonds. The van der Waals surface area contributed by atoms with Crippen LogP contribution in [0.1, 0.15) is 22.3 Å². The number of tetrazole rings is 1. The second-order valence-corrected chi connectivity index (χ2v) is 6.18. The zero-order valence-corrected chi connectivity index (χ0v) is 15.4. The number of ether oxygens (including phenoxy) is 1. The molecule has 0 aliphatic heterocycles. The highest BCUT2D eigenvalue weighted by atomic mass is 16.5. The average Bonchev–Trinajstić information content (AvgIpc) is 3.26. The molecule has 0 atom stereocenters. The fourth-order valence-corrected chi connectivity index (χ4v) is 2.88. The summed E-state index contributed by atoms with van der Waals surface area (Å²) in [4.78, 5) is 14.9. The van der Waals surface area contributed by atoms with Crippen molar-refractivity contribution in [1.82, 2.24) is 25.1 Å². The first-order valence-corrected chi connectivity index (χ1v) is 8.93. The molecule has 0 N–H and O–H groups in total. The van der Waals surface area contributed by atoms with Gasteiger partial charge >= 0.3 is 0 Å². The van der Waals surface area contributed by atoms with Crippen LogP contribution in [0.4, 0.5) is 0 Å². The lowest BCUT2D eigenvalue weighted by atomic mass is 10.1. The second-order valence-electron chi connectivity index (χ2n) is 6.18. The van der Waals surface area contributed by atoms with E-state index in [2.05, 4.69) is 27.7 Å². The lowest BCUT2D eigenvalue weighted by Gasteiger charge is -2.23. The van der Waals surface area contributed by atoms with Crippen molar-refractivity contribution in [3.05, 3.63) is 72.1 Å². The molecule has 3 aromatic rings. The van der Waals surface area contributed by atoms with Crippen LogP contribution >= 0.6 is 0 Å². The van der Waals surface area contributed by atoms with E-state index in [0.29, 0.717) is 25.3 Å². The summed E-state index contributed by atoms with van der Waals surface area (Å²) in [5.74, 6) is -0.0185. The lowest BCUT2D eigenvalue weighted by Crippen LogP contribution is -2.35. The Morgan fingerprint density at radius 2 is 1.96 bits per heavy atom. The van der Waals surface area contributed by atoms with E-state index < -0.39 is 0 Å². The van der Waals surface area contributed by atoms with Crippen molar-refractivity contribution in [2.45, 2.75) is 12.8 Å². The molecule has 1 aromatic heterocycles. The highest BCUT2D eigenvalue weighted by Crippen LogP contribution is 2.12. The van der Waals surface area contributed by atoms with Gasteiger partial charge in [0.15, 0.2) is 0 Å². The molecule has 0 fully saturated rings. The van der Waals surface area contributed by atoms with Crippen molar-refractivity contribution in [3.8, 4) is 5.69 Å². The van der Waals surface area contributed by atoms with Crippen molar-refractivity contribution in [2.24, 2.45) is 0 Å². The molecule has 0 unspecified atom stereocenters. The predicted molar refractivity (Wildman–Crippen MR) is 102 cm³/mol. The summed E-state index contributed by atoms with van der Waals surface area (Å²) in [6, 6.07) is 17.6. The van der Waals surface area contributed by atoms with Crippen molar-refractivity contribution in [2.75, 3.05) is 26.8 Å². The molecule has 27 heavy (non-hydrogen) atoms. The quantitative estimate of drug-likeness (QED) is 0.582. The van der Waals surface area contributed by atoms with Crippen LogP contribution in [0.25, 0.3) is 5.69 Å². The van der Waals surface area contributed by atoms with Gasteiger partial charge in [0.1, 0.15) is 6.33 Å². The van der Waals surface area contributed by atoms with Crippen molar-refractivity contribution < 1.29 is 9.53 Å². The zero-order chi connectivity index (χ0) is 18.9. The number of aryl methyl sites for hydroxylation is 1. The SMILES string of the molecule is COCCN(CCCc1ccccc1)C(=O)c1cccc(-n2cnnn2)c1. The fourth-order valence-electron chi connectivity index (χ4n) is 2.88. The summed E-state index contributed by atoms with van der Waals surface area (Å²) in [6.45, 7) is 1.73. The molecule has 7 nitrogen and oxygen atoms in total. The molecule has 1 heterocycles. The van der Waals surface area contributed by atoms with E-state index in [4.69, 9.17) is 4.74 Å². The average molecular weight is 365 g/mol. The summed E-state index contributed by atoms with van der Waals surface area (Å²) in [5, 5.41) is 11.2. The number of nitrogens with zero attached hydrogens (tertiary/aromatic N) is 5. The standard InChI is InChI=1S/C20H23N5O2/c1-27-14-13-24(12-6-9-17-7-3-2-4-8-17)20(26)18-10-5-11-19(15-18)25-16-21-22-23-25/h2-5,7-8,10-11,15-16H,6,9,12-14H2,1H3. The van der Waals surface area contributed by atoms with E-state index in [1.807, 2.05) is 41.3 Å². The molecule has 0 aliphatic rings. The third-order valence-corrected chi connectivity index (χ3v) is 4.30. The maximum absolute atomic E-state index is 13.0. The van der Waals surface area contributed by atoms with E-state index in [9.17, 15) is 4.79 Å². The minimum atomic E-state index is -0.0185. The first-order valence-electron chi connectivity index (χ1n) is 8.93. The molecule has 140 valence electrons. The van der Waals surface area contributed by atoms with Crippen LogP contribution in [0, 0.1) is 0 Å². The molecule has 0 saturated heterocycles. The van der Waals surface area contributed by atoms with Crippen molar-refractivity contribution in [3.63, 3.8) is 0 Å². The van der Waals surface area contributed by atoms with E-state index in [-0.39, 0.29) is 5.91 Å². The number of rotatable bonds is 9. The van der Waals surface area contributed by atoms with Crippen LogP contribution in [-0.4, -0.2) is 57.8 Å². The molecule has 0 bridgehead atoms. The summed E-state index contributed by atoms with van der Waals surface area (Å²) in [7, 11) is 1.64. The predicted octanol–water partition coefficient (Wildman–Crippen LogP) is 2.38. The zero-order valence-electron chi connectivity index (χ0n) is 15.4. The van der Waals surface area contributed by atoms with Gasteiger partial charge in [-0.1, -0.05) is 36.4 Å². The van der Waals surface area contributed by atoms with Crippen molar-refractivity contribution in [1.29, 1.82) is 0 Å². The Morgan fingerprint density at radius 1 is 1.11 bits per heavy atom. The number of carbonyl (C=O) groups excluding carboxylic acids is 1. The summed E-state index contributed by atoms with van der Waals surface area (Å²) < 4.78 is 6.71. The van der Waals surface area contributed by atoms with Gasteiger partial charge in [0, 0.05) is 25.8 Å². The summed E-state index contributed by atoms with van der Waals surface area (Å²) in [5.41, 5.74) is 2.64. The normalized spacial score (nSPS) is 10.7. The molecule has 7 heteroatoms. The Bertz CT molecular complexity index is 837. The van der Waals surface area contributed by atoms with Gasteiger partial charge in [-0.2, -0.15) is 0 Å². The summed E-state index contributed by atoms with van der Waals surface area (Å²) >= 11 is 0. The van der Waals surface area contributed by atoms with E-state index >= 15 is 0 Å². The monoisotopic (exact) mass is 365 g/mol. The van der Waals surface area contributed by atoms with E-state index in [1.165, 1.54) is 16.6 Å². The Labute approximate surface area is 158 Å². The minimum Gasteiger partial charge on any atom is -0.383 e. The van der Waals surface area contributed by atoms with Gasteiger partial charge in [0.05, 0.1) is 12.3 Å². The fraction of sp³-hybridized carbons (Fsp3) is 0.300. The molecule has 0 spiro atoms. The Hall–Kier alpha value is -3.06. The van der Waals surface area contributed by atoms with Gasteiger partial charge < -0.3 is 9.64 Å². The Balaban J connectivity index is 1.68. The van der Waals surface area contributed by atoms with Crippen LogP contribution in [0.3, 0.4) is 0 Å². The molecule has 3 rings (SSSR count). The number of methoxy groups -OCH3 is 1. The molecule has 0 aliphatic carbocycles. The third-order valence-electron chi connectivity index (χ3n) is 4.30. The highest BCUT2D eigenvalue weighted by Gasteiger charge is 2.16. The minimum absolute atomic E-state index is 0.0185. The van der Waals surface area contributed by atoms with Gasteiger partial charge in [-0.15, -0.1) is 5.10 Å². The number of hydrogen-bond donors (Lipinski definition) is 0. The second kappa shape index (κ2) is 9.59. The maximum atomic E-state index is 13.0. The van der Waals surface area contributed by atoms with Crippen LogP contribution in [0.2, 0.25) is 0 Å². The van der Waals surface area contributed by atoms with Crippen LogP contribution < -0.4 is 0 Å². The number of aromatic nitrogens is 4. The van der Waals surface area contributed by atoms with Crippen LogP contribution in [-0.2, 0) is 11.2 Å². The number of hydrogen-bond acceptors (Lipinski definition) is 5. The first-order chi connectivity index (χ1) is 13.3. The molecular weight excluding hydrogens is 342 g/mol. The Kier molecular flexibility index (Phi) is 6.65. The van der Waals surface area contributed by atoms with Gasteiger partial charge in [-0.25, -0.2) is 4.68 Å². The summed E-state index contributed by atoms with van der Waals surface area (Å²) in [6.07, 6.45) is 3.33. The maximum Gasteiger partial charge on any atom is 0.254 e. The van der Waals surface area contributed by atoms with E-state index in [0.717, 1.165) is 18.5 Å². The molecule has 0 saturated carbocycles. The Morgan fingerprint density at radius 3 is 2.70 bits per heavy atom. The molecular formula is C20H23N5O2. The lowest BCUT2D eigenvalue weighted by molar-refractivity contribution is 0.0693. The van der Waals surface area contributed by atoms with Gasteiger partial charge in [0.25, 0.3) is 5.91 Å². The largest absolute Gasteiger partial charge is 0.383 e. The van der Waals surface area contributed by atoms with Crippen LogP contribution in [0.5, 0.6) is 0 Å². The third kappa shape index (κ3) is 5.21. The molecule has 2 aromatic carbocycles.